The van der Waals surface area contributed by atoms with Crippen molar-refractivity contribution in [3.8, 4) is 29.2 Å². The van der Waals surface area contributed by atoms with Crippen LogP contribution in [0.5, 0.6) is 23.1 Å². The zero-order valence-electron chi connectivity index (χ0n) is 38.2. The number of carboxylic acids is 1. The van der Waals surface area contributed by atoms with Crippen LogP contribution in [0.1, 0.15) is 49.8 Å². The summed E-state index contributed by atoms with van der Waals surface area (Å²) in [6.45, 7) is 4.58. The second-order valence-electron chi connectivity index (χ2n) is 15.1. The van der Waals surface area contributed by atoms with Crippen molar-refractivity contribution in [2.45, 2.75) is 76.8 Å². The highest BCUT2D eigenvalue weighted by atomic mass is 16.7. The normalized spacial score (nSPS) is 17.6. The maximum Gasteiger partial charge on any atom is 0.335 e. The van der Waals surface area contributed by atoms with Gasteiger partial charge >= 0.3 is 17.8 Å². The van der Waals surface area contributed by atoms with Crippen molar-refractivity contribution in [2.24, 2.45) is 0 Å². The number of aliphatic hydroxyl groups is 3. The number of ether oxygens (including phenoxy) is 8. The van der Waals surface area contributed by atoms with E-state index in [1.165, 1.54) is 50.0 Å². The number of carbonyl (C=O) groups excluding carboxylic acids is 4. The molecule has 9 N–H and O–H groups in total. The summed E-state index contributed by atoms with van der Waals surface area (Å²) < 4.78 is 45.4. The zero-order valence-corrected chi connectivity index (χ0v) is 38.2. The molecule has 0 aliphatic carbocycles. The smallest absolute Gasteiger partial charge is 0.335 e. The minimum Gasteiger partial charge on any atom is -0.497 e. The maximum absolute atomic E-state index is 13.6. The fourth-order valence-electron chi connectivity index (χ4n) is 6.58. The minimum absolute atomic E-state index is 0.000580. The predicted molar refractivity (Wildman–Crippen MR) is 238 cm³/mol. The molecule has 1 aliphatic heterocycles. The molecule has 0 spiro atoms. The molecule has 1 aliphatic rings. The van der Waals surface area contributed by atoms with Gasteiger partial charge in [-0.05, 0) is 49.7 Å². The van der Waals surface area contributed by atoms with E-state index in [1.807, 2.05) is 6.07 Å². The summed E-state index contributed by atoms with van der Waals surface area (Å²) in [6.07, 6.45) is -9.83. The van der Waals surface area contributed by atoms with Crippen LogP contribution in [0, 0.1) is 11.3 Å². The third-order valence-electron chi connectivity index (χ3n) is 10.0. The molecule has 4 rings (SSSR count). The number of carbonyl (C=O) groups is 5. The fraction of sp³-hybridized carbons (Fsp3) is 0.489. The summed E-state index contributed by atoms with van der Waals surface area (Å²) in [4.78, 5) is 62.3. The number of benzene rings is 2. The van der Waals surface area contributed by atoms with Gasteiger partial charge in [-0.3, -0.25) is 14.4 Å². The molecule has 0 saturated carbocycles. The van der Waals surface area contributed by atoms with Crippen LogP contribution < -0.4 is 45.2 Å². The number of Topliss-reactive ketones (excluding diaryl/α,β-unsaturated/α-hetero) is 1. The number of nitriles is 1. The molecule has 23 heteroatoms. The first-order valence-electron chi connectivity index (χ1n) is 21.5. The van der Waals surface area contributed by atoms with Crippen LogP contribution in [-0.4, -0.2) is 148 Å². The van der Waals surface area contributed by atoms with Crippen molar-refractivity contribution in [1.29, 1.82) is 5.26 Å². The fourth-order valence-corrected chi connectivity index (χ4v) is 6.58. The second-order valence-corrected chi connectivity index (χ2v) is 15.1. The Morgan fingerprint density at radius 3 is 2.12 bits per heavy atom. The highest BCUT2D eigenvalue weighted by molar-refractivity contribution is 5.93. The Bertz CT molecular complexity index is 2260. The molecule has 0 unspecified atom stereocenters. The second kappa shape index (κ2) is 27.2. The van der Waals surface area contributed by atoms with E-state index >= 15 is 0 Å². The number of carboxylic acid groups (broad SMARTS) is 1. The van der Waals surface area contributed by atoms with E-state index < -0.39 is 54.4 Å². The van der Waals surface area contributed by atoms with Gasteiger partial charge in [-0.25, -0.2) is 14.9 Å². The monoisotopic (exact) mass is 955 g/mol. The lowest BCUT2D eigenvalue weighted by molar-refractivity contribution is -0.679. The molecule has 68 heavy (non-hydrogen) atoms. The predicted octanol–water partition coefficient (Wildman–Crippen LogP) is 0.208. The van der Waals surface area contributed by atoms with Gasteiger partial charge < -0.3 is 74.7 Å². The van der Waals surface area contributed by atoms with E-state index in [9.17, 15) is 49.7 Å². The number of anilines is 3. The van der Waals surface area contributed by atoms with Crippen molar-refractivity contribution in [2.75, 3.05) is 83.4 Å². The number of aromatic nitrogens is 1. The van der Waals surface area contributed by atoms with Crippen molar-refractivity contribution in [1.82, 2.24) is 5.32 Å². The van der Waals surface area contributed by atoms with Gasteiger partial charge in [-0.1, -0.05) is 6.07 Å². The molecule has 3 amide bonds. The van der Waals surface area contributed by atoms with Crippen molar-refractivity contribution in [3.63, 3.8) is 0 Å². The van der Waals surface area contributed by atoms with Gasteiger partial charge in [-0.15, -0.1) is 0 Å². The topological polar surface area (TPSA) is 330 Å². The maximum atomic E-state index is 13.6. The molecule has 370 valence electrons. The summed E-state index contributed by atoms with van der Waals surface area (Å²) >= 11 is 0. The number of methoxy groups -OCH3 is 2. The summed E-state index contributed by atoms with van der Waals surface area (Å²) in [7, 11) is 2.94. The summed E-state index contributed by atoms with van der Waals surface area (Å²) in [5, 5.41) is 59.2. The lowest BCUT2D eigenvalue weighted by atomic mass is 9.99. The molecule has 1 fully saturated rings. The van der Waals surface area contributed by atoms with Gasteiger partial charge in [0.15, 0.2) is 11.7 Å². The number of hydrogen-bond donors (Lipinski definition) is 8. The summed E-state index contributed by atoms with van der Waals surface area (Å²) in [5.41, 5.74) is 7.12. The Hall–Kier alpha value is -6.65. The quantitative estimate of drug-likeness (QED) is 0.0356. The Kier molecular flexibility index (Phi) is 21.6. The van der Waals surface area contributed by atoms with Gasteiger partial charge in [-0.2, -0.15) is 9.83 Å². The largest absolute Gasteiger partial charge is 0.497 e. The average molecular weight is 956 g/mol. The van der Waals surface area contributed by atoms with E-state index in [1.54, 1.807) is 25.1 Å². The van der Waals surface area contributed by atoms with Gasteiger partial charge in [0.2, 0.25) is 18.1 Å². The molecular weight excluding hydrogens is 897 g/mol. The van der Waals surface area contributed by atoms with Crippen LogP contribution in [0.2, 0.25) is 0 Å². The molecule has 23 nitrogen and oxygen atoms in total. The average Bonchev–Trinajstić information content (AvgIpc) is 3.30. The first kappa shape index (κ1) is 54.0. The number of hydrogen-bond acceptors (Lipinski definition) is 18. The minimum atomic E-state index is -2.00. The molecule has 0 radical (unpaired) electrons. The number of aliphatic carboxylic acids is 1. The number of nitrogens with zero attached hydrogens (tertiary/aromatic N) is 2. The van der Waals surface area contributed by atoms with Gasteiger partial charge in [0, 0.05) is 31.4 Å². The van der Waals surface area contributed by atoms with Crippen LogP contribution in [0.4, 0.5) is 17.2 Å². The Labute approximate surface area is 391 Å². The highest BCUT2D eigenvalue weighted by Gasteiger charge is 2.48. The summed E-state index contributed by atoms with van der Waals surface area (Å²) in [5.74, 6) is -2.26. The molecular formula is C45H59N6O17+. The number of pyridine rings is 1. The number of ketones is 1. The van der Waals surface area contributed by atoms with Crippen molar-refractivity contribution < 1.29 is 86.9 Å². The van der Waals surface area contributed by atoms with E-state index in [0.29, 0.717) is 48.9 Å². The lowest BCUT2D eigenvalue weighted by Crippen LogP contribution is -2.61. The SMILES string of the molecule is CCOc1c(C#N)c(N)cc(NC(=O)Cc2cc(OC)ccc2OC)[n+]1Cc1ccc(O[C@@H]2O[C@H](C(=O)O)[C@@H](O)[C@H](O)[C@H]2O)c(NC(=O)CCNC(=O)CCOCCOCCOCCC(C)=O)c1. The summed E-state index contributed by atoms with van der Waals surface area (Å²) in [6, 6.07) is 12.7. The van der Waals surface area contributed by atoms with E-state index in [-0.39, 0.29) is 98.9 Å². The number of nitrogen functional groups attached to an aromatic ring is 1. The number of aliphatic hydroxyl groups excluding tert-OH is 3. The van der Waals surface area contributed by atoms with Crippen molar-refractivity contribution >= 4 is 46.7 Å². The van der Waals surface area contributed by atoms with Crippen LogP contribution in [0.25, 0.3) is 0 Å². The highest BCUT2D eigenvalue weighted by Crippen LogP contribution is 2.32. The van der Waals surface area contributed by atoms with Crippen LogP contribution in [-0.2, 0) is 55.9 Å². The lowest BCUT2D eigenvalue weighted by Gasteiger charge is -2.38. The molecule has 3 aromatic rings. The molecule has 0 bridgehead atoms. The Morgan fingerprint density at radius 2 is 1.49 bits per heavy atom. The zero-order chi connectivity index (χ0) is 49.8. The van der Waals surface area contributed by atoms with Crippen LogP contribution in [0.15, 0.2) is 42.5 Å². The molecule has 2 aromatic carbocycles. The molecule has 1 saturated heterocycles. The number of amides is 3. The number of nitrogens with one attached hydrogen (secondary N) is 3. The molecule has 2 heterocycles. The Morgan fingerprint density at radius 1 is 0.809 bits per heavy atom. The van der Waals surface area contributed by atoms with E-state index in [4.69, 9.17) is 43.6 Å². The number of rotatable bonds is 28. The molecule has 5 atom stereocenters. The van der Waals surface area contributed by atoms with Crippen LogP contribution in [0.3, 0.4) is 0 Å². The van der Waals surface area contributed by atoms with Gasteiger partial charge in [0.1, 0.15) is 54.0 Å². The van der Waals surface area contributed by atoms with E-state index in [0.717, 1.165) is 0 Å². The third kappa shape index (κ3) is 16.0. The van der Waals surface area contributed by atoms with E-state index in [2.05, 4.69) is 16.0 Å². The van der Waals surface area contributed by atoms with Crippen LogP contribution >= 0.6 is 0 Å². The van der Waals surface area contributed by atoms with Gasteiger partial charge in [0.05, 0.1) is 84.3 Å². The third-order valence-corrected chi connectivity index (χ3v) is 10.0. The first-order valence-corrected chi connectivity index (χ1v) is 21.5. The standard InChI is InChI=1S/C45H58N6O17/c1-5-66-43-30(24-46)31(47)23-35(50-38(55)22-28-21-29(61-3)7-9-33(28)62-4)51(43)25-27-6-8-34(67-45-41(58)39(56)40(57)42(68-45)44(59)60)32(20-27)49-37(54)10-13-48-36(53)12-15-64-17-19-65-18-16-63-14-11-26(2)52/h6-9,20-21,23,39-42,45,56-58H,5,10-19,22,25H2,1-4H3,(H5,47,48,49,50,53,54,55,59,60)/p+1/t39-,40-,41+,42-,45+/m0/s1. The van der Waals surface area contributed by atoms with Gasteiger partial charge in [0.25, 0.3) is 5.82 Å². The Balaban J connectivity index is 1.53. The molecule has 1 aromatic heterocycles. The number of nitrogens with two attached hydrogens (primary N) is 1. The first-order chi connectivity index (χ1) is 32.6. The van der Waals surface area contributed by atoms with Crippen molar-refractivity contribution in [3.05, 3.63) is 59.2 Å².